The molecule has 3 rings (SSSR count). The maximum absolute atomic E-state index is 13.1. The van der Waals surface area contributed by atoms with Crippen LogP contribution in [-0.4, -0.2) is 20.5 Å². The molecule has 0 amide bonds. The van der Waals surface area contributed by atoms with E-state index in [0.29, 0.717) is 15.8 Å². The number of halogens is 2. The molecule has 21 heavy (non-hydrogen) atoms. The van der Waals surface area contributed by atoms with E-state index in [9.17, 15) is 14.3 Å². The number of imidazole rings is 1. The SMILES string of the molecule is O=C(O)c1c(Nc2ccc(F)cc2Br)nc2ccccn12. The molecule has 0 bridgehead atoms. The van der Waals surface area contributed by atoms with E-state index >= 15 is 0 Å². The van der Waals surface area contributed by atoms with Crippen LogP contribution in [0.4, 0.5) is 15.9 Å². The van der Waals surface area contributed by atoms with Gasteiger partial charge in [-0.25, -0.2) is 14.2 Å². The van der Waals surface area contributed by atoms with Crippen molar-refractivity contribution in [2.45, 2.75) is 0 Å². The van der Waals surface area contributed by atoms with Gasteiger partial charge in [0.05, 0.1) is 5.69 Å². The van der Waals surface area contributed by atoms with Crippen molar-refractivity contribution in [1.29, 1.82) is 0 Å². The molecule has 0 aliphatic rings. The van der Waals surface area contributed by atoms with Crippen molar-refractivity contribution in [1.82, 2.24) is 9.38 Å². The zero-order valence-corrected chi connectivity index (χ0v) is 12.1. The minimum atomic E-state index is -1.10. The van der Waals surface area contributed by atoms with Gasteiger partial charge in [-0.3, -0.25) is 4.40 Å². The molecule has 0 fully saturated rings. The maximum atomic E-state index is 13.1. The molecule has 2 N–H and O–H groups in total. The summed E-state index contributed by atoms with van der Waals surface area (Å²) in [4.78, 5) is 15.7. The summed E-state index contributed by atoms with van der Waals surface area (Å²) in [7, 11) is 0. The molecular weight excluding hydrogens is 341 g/mol. The molecule has 0 saturated heterocycles. The highest BCUT2D eigenvalue weighted by Crippen LogP contribution is 2.28. The van der Waals surface area contributed by atoms with Crippen LogP contribution in [0.5, 0.6) is 0 Å². The highest BCUT2D eigenvalue weighted by atomic mass is 79.9. The molecule has 106 valence electrons. The predicted octanol–water partition coefficient (Wildman–Crippen LogP) is 3.68. The Morgan fingerprint density at radius 3 is 2.86 bits per heavy atom. The number of rotatable bonds is 3. The second-order valence-electron chi connectivity index (χ2n) is 4.29. The van der Waals surface area contributed by atoms with Gasteiger partial charge in [-0.2, -0.15) is 0 Å². The first kappa shape index (κ1) is 13.6. The van der Waals surface area contributed by atoms with Gasteiger partial charge in [-0.05, 0) is 46.3 Å². The van der Waals surface area contributed by atoms with Crippen molar-refractivity contribution in [3.8, 4) is 0 Å². The minimum absolute atomic E-state index is 0.0156. The van der Waals surface area contributed by atoms with Crippen LogP contribution in [0.25, 0.3) is 5.65 Å². The molecule has 0 aliphatic carbocycles. The number of nitrogens with zero attached hydrogens (tertiary/aromatic N) is 2. The summed E-state index contributed by atoms with van der Waals surface area (Å²) in [6.07, 6.45) is 1.62. The van der Waals surface area contributed by atoms with E-state index in [1.165, 1.54) is 22.6 Å². The predicted molar refractivity (Wildman–Crippen MR) is 79.5 cm³/mol. The van der Waals surface area contributed by atoms with Crippen molar-refractivity contribution < 1.29 is 14.3 Å². The Balaban J connectivity index is 2.12. The van der Waals surface area contributed by atoms with Gasteiger partial charge in [0, 0.05) is 10.7 Å². The van der Waals surface area contributed by atoms with Gasteiger partial charge in [0.2, 0.25) is 0 Å². The number of nitrogens with one attached hydrogen (secondary N) is 1. The van der Waals surface area contributed by atoms with Crippen molar-refractivity contribution >= 4 is 39.1 Å². The first-order valence-electron chi connectivity index (χ1n) is 5.99. The van der Waals surface area contributed by atoms with E-state index in [4.69, 9.17) is 0 Å². The third kappa shape index (κ3) is 2.47. The van der Waals surface area contributed by atoms with Crippen molar-refractivity contribution in [3.05, 3.63) is 58.6 Å². The monoisotopic (exact) mass is 349 g/mol. The van der Waals surface area contributed by atoms with Gasteiger partial charge in [-0.15, -0.1) is 0 Å². The molecule has 2 heterocycles. The van der Waals surface area contributed by atoms with Crippen LogP contribution < -0.4 is 5.32 Å². The summed E-state index contributed by atoms with van der Waals surface area (Å²) in [5.41, 5.74) is 1.06. The van der Waals surface area contributed by atoms with Crippen LogP contribution in [-0.2, 0) is 0 Å². The summed E-state index contributed by atoms with van der Waals surface area (Å²) in [5, 5.41) is 12.3. The Morgan fingerprint density at radius 1 is 1.33 bits per heavy atom. The Labute approximate surface area is 127 Å². The van der Waals surface area contributed by atoms with Crippen molar-refractivity contribution in [3.63, 3.8) is 0 Å². The van der Waals surface area contributed by atoms with Crippen LogP contribution in [0.3, 0.4) is 0 Å². The molecule has 0 spiro atoms. The van der Waals surface area contributed by atoms with Crippen molar-refractivity contribution in [2.75, 3.05) is 5.32 Å². The van der Waals surface area contributed by atoms with Gasteiger partial charge in [0.25, 0.3) is 0 Å². The summed E-state index contributed by atoms with van der Waals surface area (Å²) >= 11 is 3.23. The third-order valence-corrected chi connectivity index (χ3v) is 3.57. The number of carboxylic acids is 1. The molecular formula is C14H9BrFN3O2. The van der Waals surface area contributed by atoms with Gasteiger partial charge in [0.1, 0.15) is 11.5 Å². The average Bonchev–Trinajstić information content (AvgIpc) is 2.80. The number of fused-ring (bicyclic) bond motifs is 1. The first-order valence-corrected chi connectivity index (χ1v) is 6.78. The molecule has 5 nitrogen and oxygen atoms in total. The third-order valence-electron chi connectivity index (χ3n) is 2.92. The summed E-state index contributed by atoms with van der Waals surface area (Å²) in [5.74, 6) is -1.30. The standard InChI is InChI=1S/C14H9BrFN3O2/c15-9-7-8(16)4-5-10(9)17-13-12(14(20)21)19-6-2-1-3-11(19)18-13/h1-7,17H,(H,20,21). The normalized spacial score (nSPS) is 10.8. The zero-order chi connectivity index (χ0) is 15.0. The van der Waals surface area contributed by atoms with E-state index < -0.39 is 5.97 Å². The molecule has 0 saturated carbocycles. The van der Waals surface area contributed by atoms with E-state index in [2.05, 4.69) is 26.2 Å². The van der Waals surface area contributed by atoms with Gasteiger partial charge >= 0.3 is 5.97 Å². The fraction of sp³-hybridized carbons (Fsp3) is 0. The molecule has 7 heteroatoms. The summed E-state index contributed by atoms with van der Waals surface area (Å²) in [6, 6.07) is 9.28. The summed E-state index contributed by atoms with van der Waals surface area (Å²) in [6.45, 7) is 0. The molecule has 0 aliphatic heterocycles. The van der Waals surface area contributed by atoms with Crippen LogP contribution >= 0.6 is 15.9 Å². The molecule has 0 radical (unpaired) electrons. The second-order valence-corrected chi connectivity index (χ2v) is 5.15. The number of hydrogen-bond donors (Lipinski definition) is 2. The van der Waals surface area contributed by atoms with Gasteiger partial charge < -0.3 is 10.4 Å². The van der Waals surface area contributed by atoms with Crippen LogP contribution in [0, 0.1) is 5.82 Å². The Morgan fingerprint density at radius 2 is 2.14 bits per heavy atom. The van der Waals surface area contributed by atoms with E-state index in [1.54, 1.807) is 24.4 Å². The smallest absolute Gasteiger partial charge is 0.356 e. The molecule has 0 unspecified atom stereocenters. The topological polar surface area (TPSA) is 66.6 Å². The Bertz CT molecular complexity index is 847. The van der Waals surface area contributed by atoms with Crippen molar-refractivity contribution in [2.24, 2.45) is 0 Å². The zero-order valence-electron chi connectivity index (χ0n) is 10.5. The molecule has 0 atom stereocenters. The fourth-order valence-electron chi connectivity index (χ4n) is 2.01. The number of pyridine rings is 1. The second kappa shape index (κ2) is 5.17. The Hall–Kier alpha value is -2.41. The first-order chi connectivity index (χ1) is 10.1. The van der Waals surface area contributed by atoms with E-state index in [0.717, 1.165) is 0 Å². The number of aromatic carboxylic acids is 1. The molecule has 1 aromatic carbocycles. The highest BCUT2D eigenvalue weighted by molar-refractivity contribution is 9.10. The summed E-state index contributed by atoms with van der Waals surface area (Å²) < 4.78 is 15.0. The largest absolute Gasteiger partial charge is 0.476 e. The lowest BCUT2D eigenvalue weighted by atomic mass is 10.3. The van der Waals surface area contributed by atoms with Crippen LogP contribution in [0.2, 0.25) is 0 Å². The molecule has 3 aromatic rings. The Kier molecular flexibility index (Phi) is 3.34. The lowest BCUT2D eigenvalue weighted by Crippen LogP contribution is -2.05. The number of carbonyl (C=O) groups is 1. The number of benzene rings is 1. The fourth-order valence-corrected chi connectivity index (χ4v) is 2.46. The molecule has 2 aromatic heterocycles. The minimum Gasteiger partial charge on any atom is -0.476 e. The lowest BCUT2D eigenvalue weighted by Gasteiger charge is -2.07. The number of carboxylic acid groups (broad SMARTS) is 1. The number of anilines is 2. The number of aromatic nitrogens is 2. The maximum Gasteiger partial charge on any atom is 0.356 e. The average molecular weight is 350 g/mol. The van der Waals surface area contributed by atoms with Gasteiger partial charge in [-0.1, -0.05) is 6.07 Å². The van der Waals surface area contributed by atoms with E-state index in [-0.39, 0.29) is 17.3 Å². The highest BCUT2D eigenvalue weighted by Gasteiger charge is 2.19. The van der Waals surface area contributed by atoms with E-state index in [1.807, 2.05) is 0 Å². The number of hydrogen-bond acceptors (Lipinski definition) is 3. The van der Waals surface area contributed by atoms with Crippen LogP contribution in [0.1, 0.15) is 10.5 Å². The quantitative estimate of drug-likeness (QED) is 0.756. The van der Waals surface area contributed by atoms with Crippen LogP contribution in [0.15, 0.2) is 47.1 Å². The van der Waals surface area contributed by atoms with Gasteiger partial charge in [0.15, 0.2) is 11.5 Å². The lowest BCUT2D eigenvalue weighted by molar-refractivity contribution is 0.0690.